The maximum Gasteiger partial charge on any atom is 0.327 e. The Morgan fingerprint density at radius 1 is 0.956 bits per heavy atom. The maximum absolute atomic E-state index is 13.5. The lowest BCUT2D eigenvalue weighted by atomic mass is 10.00. The molecular formula is C30H38FN5O7S2. The summed E-state index contributed by atoms with van der Waals surface area (Å²) in [6.45, 7) is 6.02. The Kier molecular flexibility index (Phi) is 11.9. The molecule has 244 valence electrons. The molecule has 0 bridgehead atoms. The summed E-state index contributed by atoms with van der Waals surface area (Å²) < 4.78 is 11.2. The van der Waals surface area contributed by atoms with Crippen LogP contribution in [0.1, 0.15) is 38.8 Å². The van der Waals surface area contributed by atoms with E-state index in [-0.39, 0.29) is 18.6 Å². The SMILES string of the molecule is CC1(C)SSC(C)(C)[C@H](C(=O)O)NC(=O)[C@H](Cc2ccc(F)cc2)NC(=O)CNC(=O)C1NC(=O)[C@@H](N)Cc1ccc(O)cc1. The van der Waals surface area contributed by atoms with Crippen molar-refractivity contribution < 1.29 is 38.6 Å². The predicted molar refractivity (Wildman–Crippen MR) is 170 cm³/mol. The molecule has 1 fully saturated rings. The number of aromatic hydroxyl groups is 1. The van der Waals surface area contributed by atoms with Crippen LogP contribution >= 0.6 is 21.6 Å². The fourth-order valence-corrected chi connectivity index (χ4v) is 7.26. The van der Waals surface area contributed by atoms with E-state index in [1.54, 1.807) is 39.8 Å². The topological polar surface area (TPSA) is 200 Å². The van der Waals surface area contributed by atoms with Crippen molar-refractivity contribution in [2.75, 3.05) is 6.54 Å². The Labute approximate surface area is 268 Å². The molecule has 45 heavy (non-hydrogen) atoms. The van der Waals surface area contributed by atoms with Crippen molar-refractivity contribution in [3.63, 3.8) is 0 Å². The summed E-state index contributed by atoms with van der Waals surface area (Å²) >= 11 is 0. The van der Waals surface area contributed by atoms with Gasteiger partial charge in [0.25, 0.3) is 0 Å². The van der Waals surface area contributed by atoms with Crippen LogP contribution in [0.2, 0.25) is 0 Å². The minimum atomic E-state index is -1.42. The molecule has 0 aliphatic carbocycles. The predicted octanol–water partition coefficient (Wildman–Crippen LogP) is 1.25. The van der Waals surface area contributed by atoms with E-state index in [4.69, 9.17) is 5.73 Å². The maximum atomic E-state index is 13.5. The molecule has 4 amide bonds. The Bertz CT molecular complexity index is 1410. The van der Waals surface area contributed by atoms with E-state index in [0.29, 0.717) is 11.1 Å². The van der Waals surface area contributed by atoms with E-state index >= 15 is 0 Å². The number of carboxylic acid groups (broad SMARTS) is 1. The van der Waals surface area contributed by atoms with E-state index < -0.39 is 75.6 Å². The number of phenols is 1. The number of hydrogen-bond acceptors (Lipinski definition) is 9. The molecule has 2 aromatic carbocycles. The van der Waals surface area contributed by atoms with Crippen molar-refractivity contribution >= 4 is 51.2 Å². The highest BCUT2D eigenvalue weighted by Crippen LogP contribution is 2.46. The molecule has 2 aromatic rings. The van der Waals surface area contributed by atoms with Crippen LogP contribution in [0.3, 0.4) is 0 Å². The summed E-state index contributed by atoms with van der Waals surface area (Å²) in [4.78, 5) is 65.4. The molecule has 0 aromatic heterocycles. The van der Waals surface area contributed by atoms with Crippen molar-refractivity contribution in [2.45, 2.75) is 74.2 Å². The van der Waals surface area contributed by atoms with Crippen LogP contribution < -0.4 is 27.0 Å². The van der Waals surface area contributed by atoms with Gasteiger partial charge in [-0.3, -0.25) is 19.2 Å². The summed E-state index contributed by atoms with van der Waals surface area (Å²) in [5.74, 6) is -4.60. The fourth-order valence-electron chi connectivity index (χ4n) is 4.45. The van der Waals surface area contributed by atoms with Gasteiger partial charge < -0.3 is 37.2 Å². The van der Waals surface area contributed by atoms with E-state index in [1.165, 1.54) is 36.4 Å². The van der Waals surface area contributed by atoms with Crippen molar-refractivity contribution in [3.05, 3.63) is 65.5 Å². The second-order valence-corrected chi connectivity index (χ2v) is 15.2. The zero-order valence-electron chi connectivity index (χ0n) is 25.3. The smallest absolute Gasteiger partial charge is 0.327 e. The van der Waals surface area contributed by atoms with Crippen LogP contribution in [0.4, 0.5) is 4.39 Å². The number of carbonyl (C=O) groups excluding carboxylic acids is 4. The Hall–Kier alpha value is -3.82. The van der Waals surface area contributed by atoms with Gasteiger partial charge in [-0.05, 0) is 69.5 Å². The molecule has 0 saturated carbocycles. The quantitative estimate of drug-likeness (QED) is 0.212. The molecule has 1 heterocycles. The average molecular weight is 664 g/mol. The number of aliphatic carboxylic acids is 1. The van der Waals surface area contributed by atoms with Gasteiger partial charge in [0.2, 0.25) is 23.6 Å². The molecule has 0 spiro atoms. The molecule has 0 radical (unpaired) electrons. The lowest BCUT2D eigenvalue weighted by Crippen LogP contribution is -2.61. The standard InChI is InChI=1S/C30H38FN5O7S2/c1-29(2)23(35-25(39)20(32)13-16-7-11-19(37)12-8-16)27(41)33-15-22(38)34-21(14-17-5-9-18(31)10-6-17)26(40)36-24(28(42)43)30(3,4)45-44-29/h5-12,20-21,23-24,37H,13-15,32H2,1-4H3,(H,33,41)(H,34,38)(H,35,39)(H,36,40)(H,42,43)/t20-,21-,23?,24-/m0/s1. The number of carboxylic acids is 1. The van der Waals surface area contributed by atoms with E-state index in [1.807, 2.05) is 0 Å². The summed E-state index contributed by atoms with van der Waals surface area (Å²) in [6.07, 6.45) is 0.0404. The van der Waals surface area contributed by atoms with E-state index in [9.17, 15) is 38.6 Å². The first-order valence-electron chi connectivity index (χ1n) is 14.0. The van der Waals surface area contributed by atoms with Gasteiger partial charge in [0.15, 0.2) is 0 Å². The molecular weight excluding hydrogens is 625 g/mol. The number of carbonyl (C=O) groups is 5. The molecule has 4 atom stereocenters. The van der Waals surface area contributed by atoms with E-state index in [2.05, 4.69) is 21.3 Å². The van der Waals surface area contributed by atoms with Crippen molar-refractivity contribution in [2.24, 2.45) is 5.73 Å². The summed E-state index contributed by atoms with van der Waals surface area (Å²) in [7, 11) is 2.24. The number of amides is 4. The van der Waals surface area contributed by atoms with Crippen molar-refractivity contribution in [1.82, 2.24) is 21.3 Å². The van der Waals surface area contributed by atoms with Crippen LogP contribution in [0.25, 0.3) is 0 Å². The number of halogens is 1. The second kappa shape index (κ2) is 15.0. The van der Waals surface area contributed by atoms with Crippen molar-refractivity contribution in [1.29, 1.82) is 0 Å². The molecule has 8 N–H and O–H groups in total. The molecule has 3 rings (SSSR count). The third-order valence-corrected chi connectivity index (χ3v) is 11.3. The van der Waals surface area contributed by atoms with Crippen LogP contribution in [0.5, 0.6) is 5.75 Å². The first kappa shape index (κ1) is 35.7. The third kappa shape index (κ3) is 10.1. The molecule has 1 aliphatic rings. The molecule has 12 nitrogen and oxygen atoms in total. The first-order chi connectivity index (χ1) is 21.0. The second-order valence-electron chi connectivity index (χ2n) is 11.7. The highest BCUT2D eigenvalue weighted by Gasteiger charge is 2.44. The minimum Gasteiger partial charge on any atom is -0.508 e. The summed E-state index contributed by atoms with van der Waals surface area (Å²) in [6, 6.07) is 6.50. The van der Waals surface area contributed by atoms with Gasteiger partial charge in [-0.25, -0.2) is 9.18 Å². The van der Waals surface area contributed by atoms with Gasteiger partial charge in [-0.15, -0.1) is 0 Å². The highest BCUT2D eigenvalue weighted by molar-refractivity contribution is 8.77. The van der Waals surface area contributed by atoms with Gasteiger partial charge in [0.05, 0.1) is 17.3 Å². The first-order valence-corrected chi connectivity index (χ1v) is 16.2. The Morgan fingerprint density at radius 3 is 2.13 bits per heavy atom. The highest BCUT2D eigenvalue weighted by atomic mass is 33.1. The molecule has 1 aliphatic heterocycles. The fraction of sp³-hybridized carbons (Fsp3) is 0.433. The number of rotatable bonds is 7. The summed E-state index contributed by atoms with van der Waals surface area (Å²) in [5, 5.41) is 29.9. The Balaban J connectivity index is 1.89. The minimum absolute atomic E-state index is 0.0582. The monoisotopic (exact) mass is 663 g/mol. The lowest BCUT2D eigenvalue weighted by Gasteiger charge is -2.38. The normalized spacial score (nSPS) is 23.0. The van der Waals surface area contributed by atoms with E-state index in [0.717, 1.165) is 21.6 Å². The average Bonchev–Trinajstić information content (AvgIpc) is 2.97. The Morgan fingerprint density at radius 2 is 1.53 bits per heavy atom. The molecule has 1 saturated heterocycles. The van der Waals surface area contributed by atoms with Crippen LogP contribution in [0, 0.1) is 5.82 Å². The largest absolute Gasteiger partial charge is 0.508 e. The number of hydrogen-bond donors (Lipinski definition) is 7. The van der Waals surface area contributed by atoms with Crippen LogP contribution in [-0.4, -0.2) is 80.0 Å². The van der Waals surface area contributed by atoms with Gasteiger partial charge in [0, 0.05) is 11.2 Å². The third-order valence-electron chi connectivity index (χ3n) is 7.10. The number of phenolic OH excluding ortho intramolecular Hbond substituents is 1. The number of benzene rings is 2. The van der Waals surface area contributed by atoms with Gasteiger partial charge in [-0.1, -0.05) is 45.9 Å². The van der Waals surface area contributed by atoms with Gasteiger partial charge >= 0.3 is 5.97 Å². The zero-order chi connectivity index (χ0) is 33.5. The van der Waals surface area contributed by atoms with Gasteiger partial charge in [0.1, 0.15) is 29.7 Å². The number of nitrogens with two attached hydrogens (primary N) is 1. The van der Waals surface area contributed by atoms with Crippen LogP contribution in [0.15, 0.2) is 48.5 Å². The summed E-state index contributed by atoms with van der Waals surface area (Å²) in [5.41, 5.74) is 7.35. The molecule has 1 unspecified atom stereocenters. The van der Waals surface area contributed by atoms with Gasteiger partial charge in [-0.2, -0.15) is 0 Å². The number of nitrogens with one attached hydrogen (secondary N) is 4. The van der Waals surface area contributed by atoms with Crippen molar-refractivity contribution in [3.8, 4) is 5.75 Å². The zero-order valence-corrected chi connectivity index (χ0v) is 26.9. The van der Waals surface area contributed by atoms with Crippen LogP contribution in [-0.2, 0) is 36.8 Å². The lowest BCUT2D eigenvalue weighted by molar-refractivity contribution is -0.143. The molecule has 15 heteroatoms.